The second kappa shape index (κ2) is 4.75. The third kappa shape index (κ3) is 2.27. The van der Waals surface area contributed by atoms with Gasteiger partial charge in [-0.1, -0.05) is 36.1 Å². The lowest BCUT2D eigenvalue weighted by atomic mass is 10.1. The summed E-state index contributed by atoms with van der Waals surface area (Å²) in [6, 6.07) is 9.83. The standard InChI is InChI=1S/C14H10N2OS2/c1-16-13(17)12(19-14(16)18)8-9-4-5-11-10(7-9)3-2-6-15-11/h2-8H,1H3/b12-8+. The van der Waals surface area contributed by atoms with Gasteiger partial charge in [-0.25, -0.2) is 0 Å². The molecule has 1 aliphatic heterocycles. The minimum atomic E-state index is -0.0405. The summed E-state index contributed by atoms with van der Waals surface area (Å²) in [5, 5.41) is 1.06. The topological polar surface area (TPSA) is 33.2 Å². The largest absolute Gasteiger partial charge is 0.296 e. The van der Waals surface area contributed by atoms with Gasteiger partial charge in [0.15, 0.2) is 0 Å². The van der Waals surface area contributed by atoms with Crippen molar-refractivity contribution in [1.29, 1.82) is 0 Å². The van der Waals surface area contributed by atoms with Gasteiger partial charge in [-0.3, -0.25) is 14.7 Å². The van der Waals surface area contributed by atoms with Crippen molar-refractivity contribution in [3.8, 4) is 0 Å². The summed E-state index contributed by atoms with van der Waals surface area (Å²) in [6.45, 7) is 0. The van der Waals surface area contributed by atoms with Crippen LogP contribution >= 0.6 is 24.0 Å². The van der Waals surface area contributed by atoms with Gasteiger partial charge in [0.05, 0.1) is 10.4 Å². The predicted molar refractivity (Wildman–Crippen MR) is 82.7 cm³/mol. The molecule has 0 bridgehead atoms. The summed E-state index contributed by atoms with van der Waals surface area (Å²) < 4.78 is 0.596. The monoisotopic (exact) mass is 286 g/mol. The molecule has 0 aliphatic carbocycles. The molecule has 2 aromatic rings. The fraction of sp³-hybridized carbons (Fsp3) is 0.0714. The number of aromatic nitrogens is 1. The smallest absolute Gasteiger partial charge is 0.265 e. The van der Waals surface area contributed by atoms with Gasteiger partial charge >= 0.3 is 0 Å². The zero-order valence-corrected chi connectivity index (χ0v) is 11.8. The number of fused-ring (bicyclic) bond motifs is 1. The molecular weight excluding hydrogens is 276 g/mol. The fourth-order valence-corrected chi connectivity index (χ4v) is 3.06. The zero-order valence-electron chi connectivity index (χ0n) is 10.2. The fourth-order valence-electron chi connectivity index (χ4n) is 1.88. The van der Waals surface area contributed by atoms with Crippen LogP contribution < -0.4 is 0 Å². The second-order valence-electron chi connectivity index (χ2n) is 4.20. The first-order valence-electron chi connectivity index (χ1n) is 5.71. The van der Waals surface area contributed by atoms with E-state index in [0.29, 0.717) is 9.23 Å². The Bertz CT molecular complexity index is 724. The van der Waals surface area contributed by atoms with Gasteiger partial charge in [0, 0.05) is 18.6 Å². The molecule has 3 rings (SSSR count). The van der Waals surface area contributed by atoms with Crippen molar-refractivity contribution < 1.29 is 4.79 Å². The van der Waals surface area contributed by atoms with Crippen molar-refractivity contribution in [1.82, 2.24) is 9.88 Å². The van der Waals surface area contributed by atoms with Gasteiger partial charge < -0.3 is 0 Å². The Morgan fingerprint density at radius 2 is 2.21 bits per heavy atom. The van der Waals surface area contributed by atoms with E-state index in [1.54, 1.807) is 13.2 Å². The van der Waals surface area contributed by atoms with Crippen molar-refractivity contribution >= 4 is 51.2 Å². The highest BCUT2D eigenvalue weighted by atomic mass is 32.2. The van der Waals surface area contributed by atoms with Crippen LogP contribution in [0.3, 0.4) is 0 Å². The number of thioether (sulfide) groups is 1. The van der Waals surface area contributed by atoms with Crippen LogP contribution in [0.15, 0.2) is 41.4 Å². The molecule has 0 saturated carbocycles. The Labute approximate surface area is 120 Å². The number of thiocarbonyl (C=S) groups is 1. The molecule has 0 unspecified atom stereocenters. The Kier molecular flexibility index (Phi) is 3.08. The number of rotatable bonds is 1. The first-order valence-corrected chi connectivity index (χ1v) is 6.94. The molecule has 0 radical (unpaired) electrons. The second-order valence-corrected chi connectivity index (χ2v) is 5.87. The van der Waals surface area contributed by atoms with E-state index in [9.17, 15) is 4.79 Å². The molecular formula is C14H10N2OS2. The van der Waals surface area contributed by atoms with Gasteiger partial charge in [-0.2, -0.15) is 0 Å². The Hall–Kier alpha value is -1.72. The van der Waals surface area contributed by atoms with Crippen LogP contribution in [0.4, 0.5) is 0 Å². The summed E-state index contributed by atoms with van der Waals surface area (Å²) in [6.07, 6.45) is 3.64. The molecule has 2 heterocycles. The van der Waals surface area contributed by atoms with Gasteiger partial charge in [-0.05, 0) is 29.8 Å². The molecule has 94 valence electrons. The number of pyridine rings is 1. The van der Waals surface area contributed by atoms with E-state index in [4.69, 9.17) is 12.2 Å². The summed E-state index contributed by atoms with van der Waals surface area (Å²) in [5.74, 6) is -0.0405. The summed E-state index contributed by atoms with van der Waals surface area (Å²) in [4.78, 5) is 18.3. The molecule has 0 N–H and O–H groups in total. The minimum absolute atomic E-state index is 0.0405. The third-order valence-electron chi connectivity index (χ3n) is 2.91. The van der Waals surface area contributed by atoms with E-state index < -0.39 is 0 Å². The predicted octanol–water partition coefficient (Wildman–Crippen LogP) is 3.07. The number of nitrogens with zero attached hydrogens (tertiary/aromatic N) is 2. The molecule has 1 saturated heterocycles. The van der Waals surface area contributed by atoms with Gasteiger partial charge in [-0.15, -0.1) is 0 Å². The van der Waals surface area contributed by atoms with Crippen LogP contribution in [0.1, 0.15) is 5.56 Å². The van der Waals surface area contributed by atoms with Gasteiger partial charge in [0.2, 0.25) is 0 Å². The van der Waals surface area contributed by atoms with Crippen LogP contribution in [-0.4, -0.2) is 27.2 Å². The van der Waals surface area contributed by atoms with Crippen LogP contribution in [0, 0.1) is 0 Å². The Morgan fingerprint density at radius 3 is 2.95 bits per heavy atom. The van der Waals surface area contributed by atoms with Crippen molar-refractivity contribution in [2.75, 3.05) is 7.05 Å². The quantitative estimate of drug-likeness (QED) is 0.596. The molecule has 0 spiro atoms. The first kappa shape index (κ1) is 12.3. The first-order chi connectivity index (χ1) is 9.15. The average Bonchev–Trinajstić information content (AvgIpc) is 2.66. The van der Waals surface area contributed by atoms with Gasteiger partial charge in [0.25, 0.3) is 5.91 Å². The molecule has 1 amide bonds. The molecule has 3 nitrogen and oxygen atoms in total. The van der Waals surface area contributed by atoms with Crippen molar-refractivity contribution in [3.63, 3.8) is 0 Å². The lowest BCUT2D eigenvalue weighted by Gasteiger charge is -2.03. The highest BCUT2D eigenvalue weighted by Gasteiger charge is 2.28. The number of hydrogen-bond acceptors (Lipinski definition) is 4. The van der Waals surface area contributed by atoms with Crippen LogP contribution in [-0.2, 0) is 4.79 Å². The third-order valence-corrected chi connectivity index (χ3v) is 4.40. The molecule has 5 heteroatoms. The Balaban J connectivity index is 2.02. The van der Waals surface area contributed by atoms with Crippen LogP contribution in [0.2, 0.25) is 0 Å². The maximum Gasteiger partial charge on any atom is 0.265 e. The molecule has 1 fully saturated rings. The van der Waals surface area contributed by atoms with E-state index in [1.165, 1.54) is 16.7 Å². The van der Waals surface area contributed by atoms with E-state index in [2.05, 4.69) is 4.98 Å². The van der Waals surface area contributed by atoms with Gasteiger partial charge in [0.1, 0.15) is 4.32 Å². The summed E-state index contributed by atoms with van der Waals surface area (Å²) in [5.41, 5.74) is 1.93. The lowest BCUT2D eigenvalue weighted by Crippen LogP contribution is -2.22. The molecule has 19 heavy (non-hydrogen) atoms. The summed E-state index contributed by atoms with van der Waals surface area (Å²) >= 11 is 6.44. The van der Waals surface area contributed by atoms with Crippen molar-refractivity contribution in [2.45, 2.75) is 0 Å². The number of likely N-dealkylation sites (N-methyl/N-ethyl adjacent to an activating group) is 1. The maximum atomic E-state index is 11.9. The molecule has 1 aromatic carbocycles. The molecule has 1 aliphatic rings. The number of carbonyl (C=O) groups is 1. The molecule has 1 aromatic heterocycles. The number of benzene rings is 1. The minimum Gasteiger partial charge on any atom is -0.296 e. The maximum absolute atomic E-state index is 11.9. The highest BCUT2D eigenvalue weighted by Crippen LogP contribution is 2.31. The number of hydrogen-bond donors (Lipinski definition) is 0. The zero-order chi connectivity index (χ0) is 13.4. The van der Waals surface area contributed by atoms with E-state index >= 15 is 0 Å². The van der Waals surface area contributed by atoms with Crippen LogP contribution in [0.25, 0.3) is 17.0 Å². The van der Waals surface area contributed by atoms with E-state index in [0.717, 1.165) is 16.5 Å². The summed E-state index contributed by atoms with van der Waals surface area (Å²) in [7, 11) is 1.70. The normalized spacial score (nSPS) is 17.7. The van der Waals surface area contributed by atoms with E-state index in [1.807, 2.05) is 36.4 Å². The van der Waals surface area contributed by atoms with Crippen molar-refractivity contribution in [3.05, 3.63) is 47.0 Å². The van der Waals surface area contributed by atoms with Crippen molar-refractivity contribution in [2.24, 2.45) is 0 Å². The van der Waals surface area contributed by atoms with Crippen LogP contribution in [0.5, 0.6) is 0 Å². The number of carbonyl (C=O) groups excluding carboxylic acids is 1. The SMILES string of the molecule is CN1C(=O)/C(=C\c2ccc3ncccc3c2)SC1=S. The molecule has 0 atom stereocenters. The lowest BCUT2D eigenvalue weighted by molar-refractivity contribution is -0.121. The van der Waals surface area contributed by atoms with E-state index in [-0.39, 0.29) is 5.91 Å². The number of amides is 1. The highest BCUT2D eigenvalue weighted by molar-refractivity contribution is 8.26. The Morgan fingerprint density at radius 1 is 1.37 bits per heavy atom. The average molecular weight is 286 g/mol.